The number of halogens is 2. The molecule has 0 heterocycles. The Kier molecular flexibility index (Phi) is 8.47. The fourth-order valence-corrected chi connectivity index (χ4v) is 13.4. The topological polar surface area (TPSA) is 0 Å². The van der Waals surface area contributed by atoms with Crippen LogP contribution in [0.2, 0.25) is 3.63 Å². The third-order valence-corrected chi connectivity index (χ3v) is 15.4. The third kappa shape index (κ3) is 5.01. The van der Waals surface area contributed by atoms with Gasteiger partial charge in [-0.1, -0.05) is 0 Å². The Labute approximate surface area is 215 Å². The van der Waals surface area contributed by atoms with E-state index in [9.17, 15) is 0 Å². The molecule has 0 N–H and O–H groups in total. The third-order valence-electron chi connectivity index (χ3n) is 6.74. The van der Waals surface area contributed by atoms with Crippen molar-refractivity contribution in [3.63, 3.8) is 0 Å². The molecule has 0 nitrogen and oxygen atoms in total. The van der Waals surface area contributed by atoms with Gasteiger partial charge in [-0.2, -0.15) is 0 Å². The van der Waals surface area contributed by atoms with Crippen LogP contribution in [0.5, 0.6) is 0 Å². The largest absolute Gasteiger partial charge is 1.00 e. The van der Waals surface area contributed by atoms with Crippen LogP contribution >= 0.6 is 0 Å². The van der Waals surface area contributed by atoms with Crippen molar-refractivity contribution in [2.75, 3.05) is 0 Å². The van der Waals surface area contributed by atoms with E-state index in [0.717, 1.165) is 0 Å². The summed E-state index contributed by atoms with van der Waals surface area (Å²) in [4.78, 5) is 0. The molecule has 0 fully saturated rings. The Morgan fingerprint density at radius 3 is 1.44 bits per heavy atom. The molecule has 0 atom stereocenters. The first-order valence-corrected chi connectivity index (χ1v) is 15.4. The van der Waals surface area contributed by atoms with Gasteiger partial charge in [-0.15, -0.1) is 0 Å². The van der Waals surface area contributed by atoms with E-state index >= 15 is 0 Å². The monoisotopic (exact) mass is 544 g/mol. The van der Waals surface area contributed by atoms with Gasteiger partial charge < -0.3 is 24.8 Å². The summed E-state index contributed by atoms with van der Waals surface area (Å²) in [6.45, 7) is 18.8. The van der Waals surface area contributed by atoms with Crippen LogP contribution in [0.3, 0.4) is 0 Å². The van der Waals surface area contributed by atoms with Gasteiger partial charge in [0.15, 0.2) is 0 Å². The smallest absolute Gasteiger partial charge is 1.00 e. The second kappa shape index (κ2) is 9.86. The zero-order chi connectivity index (χ0) is 21.8. The molecule has 0 saturated carbocycles. The fourth-order valence-electron chi connectivity index (χ4n) is 4.98. The van der Waals surface area contributed by atoms with Crippen molar-refractivity contribution in [3.05, 3.63) is 83.0 Å². The molecule has 170 valence electrons. The molecule has 4 rings (SSSR count). The molecule has 0 saturated heterocycles. The molecular formula is C29H36Cl2Zr. The molecule has 0 aliphatic heterocycles. The van der Waals surface area contributed by atoms with Crippen LogP contribution in [0, 0.1) is 0 Å². The number of benzene rings is 2. The summed E-state index contributed by atoms with van der Waals surface area (Å²) in [6.07, 6.45) is 9.48. The summed E-state index contributed by atoms with van der Waals surface area (Å²) in [5, 5.41) is 0. The van der Waals surface area contributed by atoms with Crippen LogP contribution in [-0.4, -0.2) is 3.21 Å². The molecule has 0 aromatic heterocycles. The Morgan fingerprint density at radius 2 is 1.09 bits per heavy atom. The van der Waals surface area contributed by atoms with Crippen LogP contribution < -0.4 is 24.8 Å². The Balaban J connectivity index is 0.00000181. The maximum atomic E-state index is 2.56. The van der Waals surface area contributed by atoms with E-state index in [1.807, 2.05) is 0 Å². The second-order valence-corrected chi connectivity index (χ2v) is 19.0. The predicted octanol–water partition coefficient (Wildman–Crippen LogP) is 2.10. The van der Waals surface area contributed by atoms with E-state index in [0.29, 0.717) is 7.25 Å². The van der Waals surface area contributed by atoms with Crippen molar-refractivity contribution < 1.29 is 46.1 Å². The second-order valence-electron chi connectivity index (χ2n) is 11.3. The zero-order valence-corrected chi connectivity index (χ0v) is 24.7. The van der Waals surface area contributed by atoms with Gasteiger partial charge in [0.1, 0.15) is 0 Å². The summed E-state index contributed by atoms with van der Waals surface area (Å²) in [5.74, 6) is 0. The molecule has 0 radical (unpaired) electrons. The van der Waals surface area contributed by atoms with Gasteiger partial charge in [0.2, 0.25) is 0 Å². The number of fused-ring (bicyclic) bond motifs is 3. The van der Waals surface area contributed by atoms with Crippen LogP contribution in [-0.2, 0) is 32.1 Å². The number of hydrogen-bond acceptors (Lipinski definition) is 0. The quantitative estimate of drug-likeness (QED) is 0.542. The summed E-state index contributed by atoms with van der Waals surface area (Å²) in [6, 6.07) is 14.7. The SMILES string of the molecule is C[C](C)=[Zr+2]([CH]1C=CC=C1)[CH]1c2cc(C(C)(C)C)ccc2-c2ccc(C(C)(C)C)cc21.[Cl-].[Cl-]. The molecule has 32 heavy (non-hydrogen) atoms. The van der Waals surface area contributed by atoms with Gasteiger partial charge in [-0.05, 0) is 0 Å². The average molecular weight is 547 g/mol. The first kappa shape index (κ1) is 27.5. The molecule has 2 aliphatic carbocycles. The molecule has 3 heteroatoms. The van der Waals surface area contributed by atoms with Crippen molar-refractivity contribution >= 4 is 3.21 Å². The molecule has 2 aromatic carbocycles. The van der Waals surface area contributed by atoms with E-state index < -0.39 is 21.3 Å². The molecule has 0 bridgehead atoms. The Hall–Kier alpha value is -0.747. The minimum Gasteiger partial charge on any atom is -1.00 e. The van der Waals surface area contributed by atoms with E-state index in [1.54, 1.807) is 14.3 Å². The van der Waals surface area contributed by atoms with Crippen molar-refractivity contribution in [1.82, 2.24) is 0 Å². The van der Waals surface area contributed by atoms with Crippen molar-refractivity contribution in [2.45, 2.75) is 73.5 Å². The van der Waals surface area contributed by atoms with Crippen LogP contribution in [0.15, 0.2) is 60.7 Å². The van der Waals surface area contributed by atoms with Gasteiger partial charge in [0.25, 0.3) is 0 Å². The van der Waals surface area contributed by atoms with Crippen molar-refractivity contribution in [1.29, 1.82) is 0 Å². The van der Waals surface area contributed by atoms with E-state index in [1.165, 1.54) is 22.3 Å². The van der Waals surface area contributed by atoms with E-state index in [2.05, 4.69) is 116 Å². The number of rotatable bonds is 2. The van der Waals surface area contributed by atoms with Crippen LogP contribution in [0.4, 0.5) is 0 Å². The molecular weight excluding hydrogens is 510 g/mol. The summed E-state index contributed by atoms with van der Waals surface area (Å²) in [5.41, 5.74) is 9.44. The maximum absolute atomic E-state index is 2.56. The number of allylic oxidation sites excluding steroid dienone is 4. The van der Waals surface area contributed by atoms with Crippen LogP contribution in [0.25, 0.3) is 11.1 Å². The molecule has 0 unspecified atom stereocenters. The first-order valence-electron chi connectivity index (χ1n) is 11.3. The van der Waals surface area contributed by atoms with Crippen molar-refractivity contribution in [2.24, 2.45) is 0 Å². The number of hydrogen-bond donors (Lipinski definition) is 0. The standard InChI is InChI=1S/C21H25.C5H5.C3H6.2ClH.Zr/c1-20(2,3)16-7-9-18-14(12-16)11-15-13-17(21(4,5)6)8-10-19(15)18;1-2-4-5-3-1;1-3-2;;;/h7-13H,1-6H3;1-5H;1-2H3;2*1H;/q;;;;;+2/p-2. The van der Waals surface area contributed by atoms with Gasteiger partial charge in [-0.3, -0.25) is 0 Å². The van der Waals surface area contributed by atoms with Gasteiger partial charge in [0.05, 0.1) is 0 Å². The molecule has 2 aliphatic rings. The van der Waals surface area contributed by atoms with Gasteiger partial charge in [0, 0.05) is 0 Å². The maximum Gasteiger partial charge on any atom is -1.00 e. The fraction of sp³-hybridized carbons (Fsp3) is 0.414. The molecule has 2 aromatic rings. The summed E-state index contributed by atoms with van der Waals surface area (Å²) in [7, 11) is 0. The minimum absolute atomic E-state index is 0. The van der Waals surface area contributed by atoms with Crippen LogP contribution in [0.1, 0.15) is 81.3 Å². The normalized spacial score (nSPS) is 14.8. The predicted molar refractivity (Wildman–Crippen MR) is 130 cm³/mol. The van der Waals surface area contributed by atoms with E-state index in [4.69, 9.17) is 0 Å². The average Bonchev–Trinajstić information content (AvgIpc) is 3.27. The summed E-state index contributed by atoms with van der Waals surface area (Å²) >= 11 is -2.03. The van der Waals surface area contributed by atoms with Gasteiger partial charge >= 0.3 is 192 Å². The Bertz CT molecular complexity index is 1010. The minimum atomic E-state index is -2.03. The van der Waals surface area contributed by atoms with Gasteiger partial charge in [-0.25, -0.2) is 0 Å². The van der Waals surface area contributed by atoms with Crippen molar-refractivity contribution in [3.8, 4) is 11.1 Å². The molecule has 0 spiro atoms. The molecule has 0 amide bonds. The first-order chi connectivity index (χ1) is 14.0. The van der Waals surface area contributed by atoms with E-state index in [-0.39, 0.29) is 35.6 Å². The summed E-state index contributed by atoms with van der Waals surface area (Å²) < 4.78 is 2.98. The zero-order valence-electron chi connectivity index (χ0n) is 20.7. The Morgan fingerprint density at radius 1 is 0.688 bits per heavy atom.